The molecular formula is C13H10O6S2. The molecule has 0 amide bonds. The van der Waals surface area contributed by atoms with E-state index in [1.54, 1.807) is 12.1 Å². The lowest BCUT2D eigenvalue weighted by molar-refractivity contribution is 0.225. The monoisotopic (exact) mass is 326 g/mol. The van der Waals surface area contributed by atoms with E-state index in [1.807, 2.05) is 0 Å². The zero-order valence-electron chi connectivity index (χ0n) is 10.5. The number of hydrogen-bond acceptors (Lipinski definition) is 6. The van der Waals surface area contributed by atoms with Crippen molar-refractivity contribution in [1.29, 1.82) is 0 Å². The van der Waals surface area contributed by atoms with E-state index in [2.05, 4.69) is 4.18 Å². The van der Waals surface area contributed by atoms with Gasteiger partial charge in [0.1, 0.15) is 4.90 Å². The molecule has 0 radical (unpaired) electrons. The summed E-state index contributed by atoms with van der Waals surface area (Å²) in [5.74, 6) is 0. The standard InChI is InChI=1S/C13H10O6S2/c14-13(20(15,16)11-7-3-1-4-8-11)19-21(17,18)12-9-5-2-6-10-12/h1-10H. The van der Waals surface area contributed by atoms with Crippen LogP contribution in [0, 0.1) is 0 Å². The molecule has 2 aromatic rings. The molecule has 0 aliphatic rings. The van der Waals surface area contributed by atoms with Gasteiger partial charge in [-0.3, -0.25) is 0 Å². The Hall–Kier alpha value is -2.19. The van der Waals surface area contributed by atoms with Gasteiger partial charge in [-0.05, 0) is 24.3 Å². The van der Waals surface area contributed by atoms with Crippen LogP contribution in [0.25, 0.3) is 0 Å². The maximum Gasteiger partial charge on any atom is 0.445 e. The van der Waals surface area contributed by atoms with Crippen LogP contribution in [0.5, 0.6) is 0 Å². The predicted molar refractivity (Wildman–Crippen MR) is 73.7 cm³/mol. The van der Waals surface area contributed by atoms with Crippen molar-refractivity contribution in [3.05, 3.63) is 60.7 Å². The second kappa shape index (κ2) is 5.66. The Bertz CT molecular complexity index is 840. The smallest absolute Gasteiger partial charge is 0.329 e. The summed E-state index contributed by atoms with van der Waals surface area (Å²) in [6.07, 6.45) is 0. The average Bonchev–Trinajstić information content (AvgIpc) is 2.48. The summed E-state index contributed by atoms with van der Waals surface area (Å²) in [6, 6.07) is 13.5. The molecule has 6 nitrogen and oxygen atoms in total. The van der Waals surface area contributed by atoms with Crippen LogP contribution in [0.4, 0.5) is 4.79 Å². The van der Waals surface area contributed by atoms with E-state index in [4.69, 9.17) is 0 Å². The van der Waals surface area contributed by atoms with E-state index in [0.717, 1.165) is 0 Å². The minimum atomic E-state index is -4.52. The van der Waals surface area contributed by atoms with Gasteiger partial charge in [0, 0.05) is 0 Å². The molecule has 0 bridgehead atoms. The van der Waals surface area contributed by atoms with Crippen molar-refractivity contribution in [2.45, 2.75) is 9.79 Å². The Labute approximate surface area is 122 Å². The maximum absolute atomic E-state index is 11.9. The molecule has 0 saturated heterocycles. The fraction of sp³-hybridized carbons (Fsp3) is 0. The maximum atomic E-state index is 11.9. The van der Waals surface area contributed by atoms with E-state index in [1.165, 1.54) is 48.5 Å². The van der Waals surface area contributed by atoms with E-state index in [0.29, 0.717) is 0 Å². The number of sulfone groups is 1. The number of carbonyl (C=O) groups excluding carboxylic acids is 1. The number of benzene rings is 2. The average molecular weight is 326 g/mol. The normalized spacial score (nSPS) is 11.8. The summed E-state index contributed by atoms with van der Waals surface area (Å²) in [5, 5.41) is -1.84. The Morgan fingerprint density at radius 1 is 0.714 bits per heavy atom. The second-order valence-corrected chi connectivity index (χ2v) is 7.27. The molecule has 0 unspecified atom stereocenters. The molecule has 2 aromatic carbocycles. The predicted octanol–water partition coefficient (Wildman–Crippen LogP) is 1.99. The number of carbonyl (C=O) groups is 1. The third kappa shape index (κ3) is 3.29. The van der Waals surface area contributed by atoms with Gasteiger partial charge in [0.2, 0.25) is 0 Å². The zero-order valence-corrected chi connectivity index (χ0v) is 12.2. The molecular weight excluding hydrogens is 316 g/mol. The molecule has 8 heteroatoms. The van der Waals surface area contributed by atoms with Crippen LogP contribution < -0.4 is 0 Å². The van der Waals surface area contributed by atoms with Gasteiger partial charge >= 0.3 is 15.4 Å². The summed E-state index contributed by atoms with van der Waals surface area (Å²) >= 11 is 0. The zero-order chi connectivity index (χ0) is 15.5. The van der Waals surface area contributed by atoms with E-state index < -0.39 is 25.3 Å². The molecule has 0 heterocycles. The van der Waals surface area contributed by atoms with Gasteiger partial charge < -0.3 is 4.18 Å². The van der Waals surface area contributed by atoms with Crippen LogP contribution >= 0.6 is 0 Å². The SMILES string of the molecule is O=C(OS(=O)(=O)c1ccccc1)S(=O)(=O)c1ccccc1. The molecule has 0 saturated carbocycles. The van der Waals surface area contributed by atoms with Crippen molar-refractivity contribution in [2.75, 3.05) is 0 Å². The lowest BCUT2D eigenvalue weighted by atomic mass is 10.4. The van der Waals surface area contributed by atoms with Crippen molar-refractivity contribution in [3.63, 3.8) is 0 Å². The van der Waals surface area contributed by atoms with Gasteiger partial charge in [-0.2, -0.15) is 8.42 Å². The summed E-state index contributed by atoms with van der Waals surface area (Å²) in [6.45, 7) is 0. The van der Waals surface area contributed by atoms with Crippen molar-refractivity contribution >= 4 is 25.3 Å². The first-order valence-electron chi connectivity index (χ1n) is 5.68. The van der Waals surface area contributed by atoms with E-state index >= 15 is 0 Å². The van der Waals surface area contributed by atoms with E-state index in [9.17, 15) is 21.6 Å². The minimum Gasteiger partial charge on any atom is -0.329 e. The van der Waals surface area contributed by atoms with Gasteiger partial charge in [-0.1, -0.05) is 36.4 Å². The fourth-order valence-corrected chi connectivity index (χ4v) is 3.57. The summed E-state index contributed by atoms with van der Waals surface area (Å²) in [5.41, 5.74) is 0. The molecule has 21 heavy (non-hydrogen) atoms. The lowest BCUT2D eigenvalue weighted by Crippen LogP contribution is -2.20. The van der Waals surface area contributed by atoms with E-state index in [-0.39, 0.29) is 9.79 Å². The third-order valence-corrected chi connectivity index (χ3v) is 5.22. The fourth-order valence-electron chi connectivity index (χ4n) is 1.47. The van der Waals surface area contributed by atoms with Crippen LogP contribution in [0.3, 0.4) is 0 Å². The highest BCUT2D eigenvalue weighted by Crippen LogP contribution is 2.17. The topological polar surface area (TPSA) is 94.6 Å². The van der Waals surface area contributed by atoms with Gasteiger partial charge in [0.05, 0.1) is 4.90 Å². The molecule has 2 rings (SSSR count). The van der Waals surface area contributed by atoms with Crippen LogP contribution in [0.2, 0.25) is 0 Å². The van der Waals surface area contributed by atoms with Gasteiger partial charge in [-0.25, -0.2) is 13.2 Å². The lowest BCUT2D eigenvalue weighted by Gasteiger charge is -2.06. The minimum absolute atomic E-state index is 0.304. The summed E-state index contributed by atoms with van der Waals surface area (Å²) in [4.78, 5) is 11.0. The summed E-state index contributed by atoms with van der Waals surface area (Å²) in [7, 11) is -9.00. The highest BCUT2D eigenvalue weighted by atomic mass is 32.2. The Morgan fingerprint density at radius 2 is 1.14 bits per heavy atom. The summed E-state index contributed by atoms with van der Waals surface area (Å²) < 4.78 is 51.6. The highest BCUT2D eigenvalue weighted by Gasteiger charge is 2.32. The second-order valence-electron chi connectivity index (χ2n) is 3.92. The largest absolute Gasteiger partial charge is 0.445 e. The third-order valence-electron chi connectivity index (χ3n) is 2.48. The molecule has 110 valence electrons. The Balaban J connectivity index is 2.31. The van der Waals surface area contributed by atoms with Crippen LogP contribution in [0.15, 0.2) is 70.5 Å². The van der Waals surface area contributed by atoms with Gasteiger partial charge in [-0.15, -0.1) is 0 Å². The molecule has 0 N–H and O–H groups in total. The Kier molecular flexibility index (Phi) is 4.10. The number of rotatable bonds is 3. The first kappa shape index (κ1) is 15.2. The van der Waals surface area contributed by atoms with Crippen molar-refractivity contribution in [2.24, 2.45) is 0 Å². The van der Waals surface area contributed by atoms with Gasteiger partial charge in [0.15, 0.2) is 0 Å². The Morgan fingerprint density at radius 3 is 1.62 bits per heavy atom. The molecule has 0 spiro atoms. The van der Waals surface area contributed by atoms with Crippen molar-refractivity contribution in [3.8, 4) is 0 Å². The molecule has 0 aromatic heterocycles. The molecule has 0 fully saturated rings. The number of hydrogen-bond donors (Lipinski definition) is 0. The molecule has 0 atom stereocenters. The van der Waals surface area contributed by atoms with Crippen LogP contribution in [-0.2, 0) is 24.1 Å². The first-order valence-corrected chi connectivity index (χ1v) is 8.57. The molecule has 0 aliphatic carbocycles. The van der Waals surface area contributed by atoms with Crippen LogP contribution in [-0.4, -0.2) is 22.1 Å². The van der Waals surface area contributed by atoms with Crippen molar-refractivity contribution < 1.29 is 25.8 Å². The quantitative estimate of drug-likeness (QED) is 0.801. The first-order chi connectivity index (χ1) is 9.84. The highest BCUT2D eigenvalue weighted by molar-refractivity contribution is 8.06. The van der Waals surface area contributed by atoms with Crippen LogP contribution in [0.1, 0.15) is 0 Å². The molecule has 0 aliphatic heterocycles. The van der Waals surface area contributed by atoms with Crippen molar-refractivity contribution in [1.82, 2.24) is 0 Å². The van der Waals surface area contributed by atoms with Gasteiger partial charge in [0.25, 0.3) is 9.84 Å².